The second-order valence-corrected chi connectivity index (χ2v) is 21.1. The first-order valence-corrected chi connectivity index (χ1v) is 30.4. The zero-order valence-corrected chi connectivity index (χ0v) is 45.7. The molecule has 0 bridgehead atoms. The van der Waals surface area contributed by atoms with E-state index in [-0.39, 0.29) is 0 Å². The van der Waals surface area contributed by atoms with Crippen LogP contribution in [0.5, 0.6) is 0 Å². The number of carbonyl (C=O) groups is 2. The summed E-state index contributed by atoms with van der Waals surface area (Å²) in [6, 6.07) is 0. The molecule has 0 aromatic rings. The van der Waals surface area contributed by atoms with Gasteiger partial charge in [-0.2, -0.15) is 0 Å². The molecule has 0 heterocycles. The SMILES string of the molecule is CCCCCCCCCCN(CCCCCCCCCC)C(=O)CCCCCCCNCCCCCCCC(=O)N(CCCCCCCCCC)CCCCCCCCCC.OCC1CC1. The van der Waals surface area contributed by atoms with Crippen molar-refractivity contribution >= 4 is 11.8 Å². The van der Waals surface area contributed by atoms with Gasteiger partial charge in [0.25, 0.3) is 0 Å². The maximum Gasteiger partial charge on any atom is 0.222 e. The third kappa shape index (κ3) is 49.3. The molecule has 394 valence electrons. The summed E-state index contributed by atoms with van der Waals surface area (Å²) >= 11 is 0. The molecular formula is C60H121N3O3. The molecule has 0 spiro atoms. The van der Waals surface area contributed by atoms with E-state index in [1.807, 2.05) is 0 Å². The van der Waals surface area contributed by atoms with Crippen molar-refractivity contribution in [1.29, 1.82) is 0 Å². The molecule has 2 amide bonds. The van der Waals surface area contributed by atoms with Crippen LogP contribution in [-0.4, -0.2) is 72.6 Å². The van der Waals surface area contributed by atoms with Crippen LogP contribution in [0, 0.1) is 5.92 Å². The molecule has 0 aliphatic heterocycles. The lowest BCUT2D eigenvalue weighted by molar-refractivity contribution is -0.132. The molecule has 1 aliphatic rings. The summed E-state index contributed by atoms with van der Waals surface area (Å²) in [5.74, 6) is 1.53. The molecule has 0 saturated heterocycles. The van der Waals surface area contributed by atoms with Crippen molar-refractivity contribution < 1.29 is 14.7 Å². The summed E-state index contributed by atoms with van der Waals surface area (Å²) < 4.78 is 0. The van der Waals surface area contributed by atoms with Gasteiger partial charge in [0.15, 0.2) is 0 Å². The molecule has 6 nitrogen and oxygen atoms in total. The molecule has 2 N–H and O–H groups in total. The maximum absolute atomic E-state index is 13.3. The Labute approximate surface area is 414 Å². The van der Waals surface area contributed by atoms with Gasteiger partial charge in [-0.25, -0.2) is 0 Å². The van der Waals surface area contributed by atoms with Crippen molar-refractivity contribution in [3.05, 3.63) is 0 Å². The average molecular weight is 933 g/mol. The normalized spacial score (nSPS) is 12.4. The highest BCUT2D eigenvalue weighted by Gasteiger charge is 2.19. The first-order chi connectivity index (χ1) is 32.5. The van der Waals surface area contributed by atoms with Gasteiger partial charge in [0.05, 0.1) is 0 Å². The first kappa shape index (κ1) is 64.9. The molecular weight excluding hydrogens is 811 g/mol. The van der Waals surface area contributed by atoms with Crippen LogP contribution in [-0.2, 0) is 9.59 Å². The summed E-state index contributed by atoms with van der Waals surface area (Å²) in [6.45, 7) is 15.7. The minimum Gasteiger partial charge on any atom is -0.396 e. The number of nitrogens with zero attached hydrogens (tertiary/aromatic N) is 2. The van der Waals surface area contributed by atoms with Crippen molar-refractivity contribution in [2.75, 3.05) is 45.9 Å². The number of rotatable bonds is 53. The highest BCUT2D eigenvalue weighted by molar-refractivity contribution is 5.76. The lowest BCUT2D eigenvalue weighted by Crippen LogP contribution is -2.32. The lowest BCUT2D eigenvalue weighted by atomic mass is 10.1. The van der Waals surface area contributed by atoms with Crippen LogP contribution in [0.3, 0.4) is 0 Å². The predicted molar refractivity (Wildman–Crippen MR) is 292 cm³/mol. The van der Waals surface area contributed by atoms with Crippen LogP contribution in [0.4, 0.5) is 0 Å². The van der Waals surface area contributed by atoms with Gasteiger partial charge in [0.2, 0.25) is 11.8 Å². The van der Waals surface area contributed by atoms with Crippen LogP contribution < -0.4 is 5.32 Å². The molecule has 0 atom stereocenters. The number of hydrogen-bond acceptors (Lipinski definition) is 4. The Balaban J connectivity index is 0.00000785. The van der Waals surface area contributed by atoms with E-state index >= 15 is 0 Å². The Hall–Kier alpha value is -1.14. The fourth-order valence-corrected chi connectivity index (χ4v) is 9.32. The van der Waals surface area contributed by atoms with Gasteiger partial charge in [0.1, 0.15) is 0 Å². The van der Waals surface area contributed by atoms with E-state index in [2.05, 4.69) is 42.8 Å². The van der Waals surface area contributed by atoms with Gasteiger partial charge in [-0.15, -0.1) is 0 Å². The molecule has 0 radical (unpaired) electrons. The maximum atomic E-state index is 13.3. The van der Waals surface area contributed by atoms with Crippen molar-refractivity contribution in [3.63, 3.8) is 0 Å². The van der Waals surface area contributed by atoms with Crippen LogP contribution >= 0.6 is 0 Å². The molecule has 1 aliphatic carbocycles. The summed E-state index contributed by atoms with van der Waals surface area (Å²) in [6.07, 6.45) is 58.5. The lowest BCUT2D eigenvalue weighted by Gasteiger charge is -2.23. The van der Waals surface area contributed by atoms with Gasteiger partial charge in [-0.1, -0.05) is 246 Å². The molecule has 1 fully saturated rings. The number of aliphatic hydroxyl groups excluding tert-OH is 1. The minimum absolute atomic E-state index is 0.417. The van der Waals surface area contributed by atoms with E-state index < -0.39 is 0 Å². The Morgan fingerprint density at radius 3 is 0.803 bits per heavy atom. The molecule has 66 heavy (non-hydrogen) atoms. The Morgan fingerprint density at radius 1 is 0.348 bits per heavy atom. The van der Waals surface area contributed by atoms with Crippen LogP contribution in [0.25, 0.3) is 0 Å². The van der Waals surface area contributed by atoms with E-state index in [4.69, 9.17) is 5.11 Å². The largest absolute Gasteiger partial charge is 0.396 e. The fraction of sp³-hybridized carbons (Fsp3) is 0.967. The molecule has 1 rings (SSSR count). The third-order valence-electron chi connectivity index (χ3n) is 14.3. The summed E-state index contributed by atoms with van der Waals surface area (Å²) in [4.78, 5) is 31.0. The number of hydrogen-bond donors (Lipinski definition) is 2. The number of aliphatic hydroxyl groups is 1. The van der Waals surface area contributed by atoms with Crippen molar-refractivity contribution in [3.8, 4) is 0 Å². The highest BCUT2D eigenvalue weighted by Crippen LogP contribution is 2.27. The summed E-state index contributed by atoms with van der Waals surface area (Å²) in [5, 5.41) is 11.9. The minimum atomic E-state index is 0.417. The first-order valence-electron chi connectivity index (χ1n) is 30.4. The second kappa shape index (κ2) is 54.8. The highest BCUT2D eigenvalue weighted by atomic mass is 16.3. The number of carbonyl (C=O) groups excluding carboxylic acids is 2. The zero-order valence-electron chi connectivity index (χ0n) is 45.7. The van der Waals surface area contributed by atoms with Gasteiger partial charge in [-0.3, -0.25) is 9.59 Å². The van der Waals surface area contributed by atoms with E-state index in [9.17, 15) is 9.59 Å². The van der Waals surface area contributed by atoms with Gasteiger partial charge in [0, 0.05) is 45.6 Å². The average Bonchev–Trinajstić information content (AvgIpc) is 4.17. The smallest absolute Gasteiger partial charge is 0.222 e. The monoisotopic (exact) mass is 932 g/mol. The van der Waals surface area contributed by atoms with Crippen molar-refractivity contribution in [2.45, 2.75) is 323 Å². The van der Waals surface area contributed by atoms with Crippen molar-refractivity contribution in [2.24, 2.45) is 5.92 Å². The third-order valence-corrected chi connectivity index (χ3v) is 14.3. The summed E-state index contributed by atoms with van der Waals surface area (Å²) in [5.41, 5.74) is 0. The number of unbranched alkanes of at least 4 members (excludes halogenated alkanes) is 36. The topological polar surface area (TPSA) is 72.9 Å². The molecule has 0 aromatic heterocycles. The standard InChI is InChI=1S/C56H113N3O2.C4H8O/c1-5-9-13-17-21-25-35-43-51-58(52-44-36-26-22-18-14-10-6-2)55(60)47-39-31-29-33-41-49-57-50-42-34-30-32-40-48-56(61)59(53-45-37-27-23-19-15-11-7-3)54-46-38-28-24-20-16-12-8-4;5-3-4-1-2-4/h57H,5-54H2,1-4H3;4-5H,1-3H2. The van der Waals surface area contributed by atoms with Gasteiger partial charge in [-0.05, 0) is 83.2 Å². The van der Waals surface area contributed by atoms with Crippen LogP contribution in [0.1, 0.15) is 323 Å². The molecule has 0 unspecified atom stereocenters. The predicted octanol–water partition coefficient (Wildman–Crippen LogP) is 17.9. The van der Waals surface area contributed by atoms with E-state index in [1.165, 1.54) is 270 Å². The Morgan fingerprint density at radius 2 is 0.576 bits per heavy atom. The molecule has 6 heteroatoms. The quantitative estimate of drug-likeness (QED) is 0.0596. The van der Waals surface area contributed by atoms with Gasteiger partial charge < -0.3 is 20.2 Å². The Bertz CT molecular complexity index is 849. The van der Waals surface area contributed by atoms with E-state index in [0.29, 0.717) is 24.3 Å². The fourth-order valence-electron chi connectivity index (χ4n) is 9.32. The number of amides is 2. The van der Waals surface area contributed by atoms with Gasteiger partial charge >= 0.3 is 0 Å². The zero-order chi connectivity index (χ0) is 48.1. The van der Waals surface area contributed by atoms with Crippen LogP contribution in [0.2, 0.25) is 0 Å². The number of nitrogens with one attached hydrogen (secondary N) is 1. The van der Waals surface area contributed by atoms with E-state index in [1.54, 1.807) is 0 Å². The second-order valence-electron chi connectivity index (χ2n) is 21.1. The van der Waals surface area contributed by atoms with Crippen molar-refractivity contribution in [1.82, 2.24) is 15.1 Å². The summed E-state index contributed by atoms with van der Waals surface area (Å²) in [7, 11) is 0. The molecule has 0 aromatic carbocycles. The Kier molecular flexibility index (Phi) is 53.8. The van der Waals surface area contributed by atoms with E-state index in [0.717, 1.165) is 65.0 Å². The molecule has 1 saturated carbocycles. The van der Waals surface area contributed by atoms with Crippen LogP contribution in [0.15, 0.2) is 0 Å².